The van der Waals surface area contributed by atoms with Crippen LogP contribution < -0.4 is 0 Å². The molecule has 0 aliphatic rings. The maximum atomic E-state index is 11.5. The number of carbonyl (C=O) groups is 2. The number of ketones is 2. The zero-order valence-corrected chi connectivity index (χ0v) is 13.4. The van der Waals surface area contributed by atoms with E-state index in [2.05, 4.69) is 0 Å². The van der Waals surface area contributed by atoms with Gasteiger partial charge < -0.3 is 0 Å². The average Bonchev–Trinajstić information content (AvgIpc) is 2.21. The van der Waals surface area contributed by atoms with E-state index in [0.717, 1.165) is 6.26 Å². The third kappa shape index (κ3) is 3.91. The quantitative estimate of drug-likeness (QED) is 0.482. The van der Waals surface area contributed by atoms with E-state index in [-0.39, 0.29) is 20.5 Å². The number of Topliss-reactive ketones (excluding diaryl/α,β-unsaturated/α-hetero) is 2. The summed E-state index contributed by atoms with van der Waals surface area (Å²) >= 11 is 11.8. The molecule has 0 aliphatic heterocycles. The van der Waals surface area contributed by atoms with Gasteiger partial charge >= 0.3 is 0 Å². The lowest BCUT2D eigenvalue weighted by Crippen LogP contribution is -2.06. The molecule has 0 unspecified atom stereocenters. The molecule has 0 heterocycles. The predicted molar refractivity (Wildman–Crippen MR) is 78.9 cm³/mol. The topological polar surface area (TPSA) is 68.3 Å². The maximum absolute atomic E-state index is 11.5. The van der Waals surface area contributed by atoms with E-state index in [1.165, 1.54) is 32.1 Å². The van der Waals surface area contributed by atoms with Gasteiger partial charge in [0.15, 0.2) is 21.4 Å². The highest BCUT2D eigenvalue weighted by Gasteiger charge is 2.18. The smallest absolute Gasteiger partial charge is 0.178 e. The fourth-order valence-corrected chi connectivity index (χ4v) is 3.81. The predicted octanol–water partition coefficient (Wildman–Crippen LogP) is 2.96. The van der Waals surface area contributed by atoms with Crippen LogP contribution in [0, 0.1) is 0 Å². The van der Waals surface area contributed by atoms with Crippen LogP contribution in [0.25, 0.3) is 6.08 Å². The summed E-state index contributed by atoms with van der Waals surface area (Å²) < 4.78 is 23.1. The molecule has 108 valence electrons. The lowest BCUT2D eigenvalue weighted by Gasteiger charge is -2.07. The number of benzene rings is 1. The summed E-state index contributed by atoms with van der Waals surface area (Å²) in [5.74, 6) is -0.783. The number of halogens is 2. The number of rotatable bonds is 4. The minimum Gasteiger partial charge on any atom is -0.294 e. The van der Waals surface area contributed by atoms with Gasteiger partial charge in [0.05, 0.1) is 15.6 Å². The van der Waals surface area contributed by atoms with Gasteiger partial charge in [-0.2, -0.15) is 0 Å². The Balaban J connectivity index is 3.49. The minimum atomic E-state index is -3.56. The van der Waals surface area contributed by atoms with Gasteiger partial charge in [-0.1, -0.05) is 23.2 Å². The molecule has 0 spiro atoms. The molecule has 0 bridgehead atoms. The van der Waals surface area contributed by atoms with Crippen LogP contribution in [0.4, 0.5) is 0 Å². The van der Waals surface area contributed by atoms with Crippen LogP contribution in [0.15, 0.2) is 22.6 Å². The van der Waals surface area contributed by atoms with E-state index in [1.807, 2.05) is 0 Å². The zero-order chi connectivity index (χ0) is 15.7. The van der Waals surface area contributed by atoms with Crippen molar-refractivity contribution >= 4 is 50.7 Å². The highest BCUT2D eigenvalue weighted by atomic mass is 35.5. The van der Waals surface area contributed by atoms with Crippen molar-refractivity contribution in [2.75, 3.05) is 6.26 Å². The molecule has 0 amide bonds. The first-order chi connectivity index (χ1) is 9.04. The van der Waals surface area contributed by atoms with Crippen molar-refractivity contribution in [2.45, 2.75) is 18.7 Å². The van der Waals surface area contributed by atoms with Gasteiger partial charge in [0, 0.05) is 6.26 Å². The van der Waals surface area contributed by atoms with Crippen LogP contribution in [0.2, 0.25) is 10.0 Å². The molecule has 0 radical (unpaired) electrons. The largest absolute Gasteiger partial charge is 0.294 e. The maximum Gasteiger partial charge on any atom is 0.178 e. The second kappa shape index (κ2) is 6.08. The monoisotopic (exact) mass is 334 g/mol. The van der Waals surface area contributed by atoms with Crippen LogP contribution in [0.3, 0.4) is 0 Å². The SMILES string of the molecule is CC(=O)C(=Cc1cc(Cl)c(S(C)(=O)=O)c(Cl)c1)C(C)=O. The first-order valence-electron chi connectivity index (χ1n) is 5.46. The Bertz CT molecular complexity index is 679. The number of carbonyl (C=O) groups excluding carboxylic acids is 2. The zero-order valence-electron chi connectivity index (χ0n) is 11.0. The first kappa shape index (κ1) is 16.9. The molecule has 0 fully saturated rings. The summed E-state index contributed by atoms with van der Waals surface area (Å²) in [7, 11) is -3.56. The lowest BCUT2D eigenvalue weighted by atomic mass is 10.0. The van der Waals surface area contributed by atoms with Gasteiger partial charge in [-0.15, -0.1) is 0 Å². The highest BCUT2D eigenvalue weighted by molar-refractivity contribution is 7.91. The van der Waals surface area contributed by atoms with E-state index in [1.54, 1.807) is 0 Å². The highest BCUT2D eigenvalue weighted by Crippen LogP contribution is 2.31. The van der Waals surface area contributed by atoms with E-state index in [0.29, 0.717) is 5.56 Å². The van der Waals surface area contributed by atoms with Crippen LogP contribution in [-0.4, -0.2) is 26.2 Å². The molecule has 0 aromatic heterocycles. The van der Waals surface area contributed by atoms with Crippen molar-refractivity contribution in [3.63, 3.8) is 0 Å². The molecule has 1 aromatic carbocycles. The average molecular weight is 335 g/mol. The molecule has 0 saturated carbocycles. The van der Waals surface area contributed by atoms with Crippen LogP contribution in [0.1, 0.15) is 19.4 Å². The molecule has 1 aromatic rings. The summed E-state index contributed by atoms with van der Waals surface area (Å²) in [5.41, 5.74) is 0.372. The van der Waals surface area contributed by atoms with Crippen molar-refractivity contribution in [1.82, 2.24) is 0 Å². The first-order valence-corrected chi connectivity index (χ1v) is 8.11. The van der Waals surface area contributed by atoms with Crippen LogP contribution >= 0.6 is 23.2 Å². The van der Waals surface area contributed by atoms with Gasteiger partial charge in [-0.25, -0.2) is 8.42 Å². The Hall–Kier alpha value is -1.17. The van der Waals surface area contributed by atoms with Gasteiger partial charge in [-0.3, -0.25) is 9.59 Å². The molecule has 20 heavy (non-hydrogen) atoms. The molecular weight excluding hydrogens is 323 g/mol. The normalized spacial score (nSPS) is 11.1. The molecular formula is C13H12Cl2O4S. The van der Waals surface area contributed by atoms with Crippen molar-refractivity contribution in [3.05, 3.63) is 33.3 Å². The van der Waals surface area contributed by atoms with E-state index in [9.17, 15) is 18.0 Å². The number of sulfone groups is 1. The third-order valence-corrected chi connectivity index (χ3v) is 4.46. The minimum absolute atomic E-state index is 0.00996. The summed E-state index contributed by atoms with van der Waals surface area (Å²) in [5, 5.41) is -0.115. The number of hydrogen-bond acceptors (Lipinski definition) is 4. The Labute approximate surface area is 127 Å². The molecule has 0 N–H and O–H groups in total. The second-order valence-electron chi connectivity index (χ2n) is 4.26. The van der Waals surface area contributed by atoms with Crippen molar-refractivity contribution in [3.8, 4) is 0 Å². The van der Waals surface area contributed by atoms with Crippen LogP contribution in [0.5, 0.6) is 0 Å². The summed E-state index contributed by atoms with van der Waals surface area (Å²) in [6.45, 7) is 2.53. The fraction of sp³-hybridized carbons (Fsp3) is 0.231. The fourth-order valence-electron chi connectivity index (χ4n) is 1.63. The van der Waals surface area contributed by atoms with Gasteiger partial charge in [0.25, 0.3) is 0 Å². The molecule has 7 heteroatoms. The Morgan fingerprint density at radius 2 is 1.45 bits per heavy atom. The van der Waals surface area contributed by atoms with Gasteiger partial charge in [0.2, 0.25) is 0 Å². The standard InChI is InChI=1S/C13H12Cl2O4S/c1-7(16)10(8(2)17)4-9-5-11(14)13(12(15)6-9)20(3,18)19/h4-6H,1-3H3. The van der Waals surface area contributed by atoms with Crippen molar-refractivity contribution in [1.29, 1.82) is 0 Å². The second-order valence-corrected chi connectivity index (χ2v) is 7.02. The summed E-state index contributed by atoms with van der Waals surface area (Å²) in [6, 6.07) is 2.69. The van der Waals surface area contributed by atoms with Gasteiger partial charge in [-0.05, 0) is 37.6 Å². The molecule has 0 aliphatic carbocycles. The Kier molecular flexibility index (Phi) is 5.13. The molecule has 0 saturated heterocycles. The van der Waals surface area contributed by atoms with E-state index in [4.69, 9.17) is 23.2 Å². The Morgan fingerprint density at radius 1 is 1.05 bits per heavy atom. The molecule has 4 nitrogen and oxygen atoms in total. The third-order valence-electron chi connectivity index (χ3n) is 2.46. The number of allylic oxidation sites excluding steroid dienone is 1. The Morgan fingerprint density at radius 3 is 1.75 bits per heavy atom. The van der Waals surface area contributed by atoms with Crippen molar-refractivity contribution < 1.29 is 18.0 Å². The number of hydrogen-bond donors (Lipinski definition) is 0. The lowest BCUT2D eigenvalue weighted by molar-refractivity contribution is -0.119. The summed E-state index contributed by atoms with van der Waals surface area (Å²) in [4.78, 5) is 22.5. The van der Waals surface area contributed by atoms with E-state index >= 15 is 0 Å². The van der Waals surface area contributed by atoms with E-state index < -0.39 is 21.4 Å². The van der Waals surface area contributed by atoms with Crippen LogP contribution in [-0.2, 0) is 19.4 Å². The molecule has 1 rings (SSSR count). The summed E-state index contributed by atoms with van der Waals surface area (Å²) in [6.07, 6.45) is 2.32. The van der Waals surface area contributed by atoms with Gasteiger partial charge in [0.1, 0.15) is 4.90 Å². The molecule has 0 atom stereocenters. The van der Waals surface area contributed by atoms with Crippen molar-refractivity contribution in [2.24, 2.45) is 0 Å².